The number of carbonyl (C=O) groups excluding carboxylic acids is 1. The van der Waals surface area contributed by atoms with Crippen LogP contribution in [-0.4, -0.2) is 21.7 Å². The zero-order valence-electron chi connectivity index (χ0n) is 10.8. The Bertz CT molecular complexity index is 538. The van der Waals surface area contributed by atoms with Crippen LogP contribution in [0, 0.1) is 21.7 Å². The summed E-state index contributed by atoms with van der Waals surface area (Å²) in [6.45, 7) is 3.59. The van der Waals surface area contributed by atoms with Crippen molar-refractivity contribution >= 4 is 27.5 Å². The lowest BCUT2D eigenvalue weighted by Gasteiger charge is -2.15. The number of nitro groups is 1. The predicted octanol–water partition coefficient (Wildman–Crippen LogP) is 3.16. The maximum absolute atomic E-state index is 13.1. The van der Waals surface area contributed by atoms with Gasteiger partial charge in [0.05, 0.1) is 11.0 Å². The topological polar surface area (TPSA) is 72.2 Å². The van der Waals surface area contributed by atoms with Crippen molar-refractivity contribution in [1.82, 2.24) is 5.32 Å². The summed E-state index contributed by atoms with van der Waals surface area (Å²) in [5.74, 6) is -3.48. The summed E-state index contributed by atoms with van der Waals surface area (Å²) < 4.78 is 26.1. The molecule has 8 heteroatoms. The smallest absolute Gasteiger partial charge is 0.285 e. The lowest BCUT2D eigenvalue weighted by atomic mass is 10.1. The van der Waals surface area contributed by atoms with E-state index < -0.39 is 33.7 Å². The molecule has 1 aromatic rings. The van der Waals surface area contributed by atoms with Gasteiger partial charge in [0.1, 0.15) is 5.56 Å². The van der Waals surface area contributed by atoms with Gasteiger partial charge in [-0.2, -0.15) is 0 Å². The lowest BCUT2D eigenvalue weighted by Crippen LogP contribution is -2.34. The summed E-state index contributed by atoms with van der Waals surface area (Å²) in [7, 11) is 0. The normalized spacial score (nSPS) is 13.7. The van der Waals surface area contributed by atoms with Gasteiger partial charge in [-0.05, 0) is 19.4 Å². The number of hydrogen-bond donors (Lipinski definition) is 1. The van der Waals surface area contributed by atoms with E-state index in [0.29, 0.717) is 18.6 Å². The first kappa shape index (κ1) is 16.5. The Morgan fingerprint density at radius 2 is 1.95 bits per heavy atom. The summed E-state index contributed by atoms with van der Waals surface area (Å²) >= 11 is 3.31. The van der Waals surface area contributed by atoms with E-state index in [1.807, 2.05) is 6.92 Å². The predicted molar refractivity (Wildman–Crippen MR) is 72.9 cm³/mol. The SMILES string of the molecule is CC(Br)CC(C)NC(=O)c1cc(F)c(F)cc1[N+](=O)[O-]. The molecule has 20 heavy (non-hydrogen) atoms. The van der Waals surface area contributed by atoms with Gasteiger partial charge in [-0.15, -0.1) is 0 Å². The average molecular weight is 351 g/mol. The van der Waals surface area contributed by atoms with Crippen LogP contribution in [-0.2, 0) is 0 Å². The van der Waals surface area contributed by atoms with Crippen molar-refractivity contribution in [2.45, 2.75) is 31.1 Å². The third kappa shape index (κ3) is 4.22. The molecule has 1 aromatic carbocycles. The van der Waals surface area contributed by atoms with Gasteiger partial charge in [-0.25, -0.2) is 8.78 Å². The second-order valence-electron chi connectivity index (χ2n) is 4.43. The van der Waals surface area contributed by atoms with Crippen LogP contribution in [0.25, 0.3) is 0 Å². The Kier molecular flexibility index (Phi) is 5.55. The van der Waals surface area contributed by atoms with Gasteiger partial charge < -0.3 is 5.32 Å². The highest BCUT2D eigenvalue weighted by Crippen LogP contribution is 2.22. The van der Waals surface area contributed by atoms with E-state index in [-0.39, 0.29) is 10.9 Å². The number of halogens is 3. The van der Waals surface area contributed by atoms with Crippen molar-refractivity contribution in [3.63, 3.8) is 0 Å². The number of nitrogens with one attached hydrogen (secondary N) is 1. The summed E-state index contributed by atoms with van der Waals surface area (Å²) in [5, 5.41) is 13.3. The first-order valence-corrected chi connectivity index (χ1v) is 6.72. The van der Waals surface area contributed by atoms with Crippen molar-refractivity contribution in [3.05, 3.63) is 39.4 Å². The maximum atomic E-state index is 13.1. The Labute approximate surface area is 122 Å². The molecule has 0 saturated carbocycles. The Morgan fingerprint density at radius 1 is 1.40 bits per heavy atom. The monoisotopic (exact) mass is 350 g/mol. The van der Waals surface area contributed by atoms with Gasteiger partial charge in [0.25, 0.3) is 11.6 Å². The molecule has 0 fully saturated rings. The Morgan fingerprint density at radius 3 is 2.45 bits per heavy atom. The molecule has 0 heterocycles. The number of nitro benzene ring substituents is 1. The fourth-order valence-electron chi connectivity index (χ4n) is 1.72. The molecule has 0 aliphatic carbocycles. The van der Waals surface area contributed by atoms with E-state index >= 15 is 0 Å². The number of hydrogen-bond acceptors (Lipinski definition) is 3. The van der Waals surface area contributed by atoms with Gasteiger partial charge in [-0.1, -0.05) is 22.9 Å². The molecule has 0 saturated heterocycles. The highest BCUT2D eigenvalue weighted by Gasteiger charge is 2.24. The van der Waals surface area contributed by atoms with Crippen molar-refractivity contribution in [1.29, 1.82) is 0 Å². The van der Waals surface area contributed by atoms with Crippen LogP contribution in [0.15, 0.2) is 12.1 Å². The standard InChI is InChI=1S/C12H13BrF2N2O3/c1-6(13)3-7(2)16-12(18)8-4-9(14)10(15)5-11(8)17(19)20/h4-7H,3H2,1-2H3,(H,16,18). The number of nitrogens with zero attached hydrogens (tertiary/aromatic N) is 1. The van der Waals surface area contributed by atoms with Gasteiger partial charge in [0, 0.05) is 10.9 Å². The van der Waals surface area contributed by atoms with Gasteiger partial charge in [0.2, 0.25) is 0 Å². The molecule has 2 unspecified atom stereocenters. The van der Waals surface area contributed by atoms with Crippen molar-refractivity contribution in [2.24, 2.45) is 0 Å². The number of carbonyl (C=O) groups is 1. The molecule has 0 aliphatic rings. The molecule has 0 bridgehead atoms. The molecule has 1 amide bonds. The maximum Gasteiger partial charge on any atom is 0.285 e. The van der Waals surface area contributed by atoms with Crippen molar-refractivity contribution < 1.29 is 18.5 Å². The lowest BCUT2D eigenvalue weighted by molar-refractivity contribution is -0.385. The third-order valence-electron chi connectivity index (χ3n) is 2.54. The first-order chi connectivity index (χ1) is 9.22. The van der Waals surface area contributed by atoms with E-state index in [2.05, 4.69) is 21.2 Å². The van der Waals surface area contributed by atoms with Crippen molar-refractivity contribution in [3.8, 4) is 0 Å². The molecule has 1 N–H and O–H groups in total. The van der Waals surface area contributed by atoms with Crippen LogP contribution in [0.1, 0.15) is 30.6 Å². The molecule has 5 nitrogen and oxygen atoms in total. The molecule has 1 rings (SSSR count). The van der Waals surface area contributed by atoms with Crippen LogP contribution in [0.3, 0.4) is 0 Å². The van der Waals surface area contributed by atoms with E-state index in [4.69, 9.17) is 0 Å². The molecule has 0 radical (unpaired) electrons. The van der Waals surface area contributed by atoms with Crippen LogP contribution >= 0.6 is 15.9 Å². The summed E-state index contributed by atoms with van der Waals surface area (Å²) in [4.78, 5) is 21.9. The average Bonchev–Trinajstić information content (AvgIpc) is 2.30. The van der Waals surface area contributed by atoms with Crippen molar-refractivity contribution in [2.75, 3.05) is 0 Å². The molecule has 0 spiro atoms. The molecule has 110 valence electrons. The second-order valence-corrected chi connectivity index (χ2v) is 5.99. The van der Waals surface area contributed by atoms with E-state index in [0.717, 1.165) is 0 Å². The fraction of sp³-hybridized carbons (Fsp3) is 0.417. The van der Waals surface area contributed by atoms with Gasteiger partial charge in [0.15, 0.2) is 11.6 Å². The Hall–Kier alpha value is -1.57. The zero-order valence-corrected chi connectivity index (χ0v) is 12.4. The summed E-state index contributed by atoms with van der Waals surface area (Å²) in [5.41, 5.74) is -1.26. The third-order valence-corrected chi connectivity index (χ3v) is 2.91. The first-order valence-electron chi connectivity index (χ1n) is 5.80. The van der Waals surface area contributed by atoms with Gasteiger partial charge in [-0.3, -0.25) is 14.9 Å². The molecule has 2 atom stereocenters. The highest BCUT2D eigenvalue weighted by molar-refractivity contribution is 9.09. The molecule has 0 aromatic heterocycles. The van der Waals surface area contributed by atoms with E-state index in [9.17, 15) is 23.7 Å². The minimum Gasteiger partial charge on any atom is -0.349 e. The Balaban J connectivity index is 3.03. The van der Waals surface area contributed by atoms with Crippen LogP contribution < -0.4 is 5.32 Å². The van der Waals surface area contributed by atoms with E-state index in [1.54, 1.807) is 6.92 Å². The minimum atomic E-state index is -1.37. The molecule has 0 aliphatic heterocycles. The molecular formula is C12H13BrF2N2O3. The molecular weight excluding hydrogens is 338 g/mol. The van der Waals surface area contributed by atoms with Crippen LogP contribution in [0.5, 0.6) is 0 Å². The van der Waals surface area contributed by atoms with Crippen LogP contribution in [0.2, 0.25) is 0 Å². The fourth-order valence-corrected chi connectivity index (χ4v) is 2.28. The quantitative estimate of drug-likeness (QED) is 0.503. The summed E-state index contributed by atoms with van der Waals surface area (Å²) in [6, 6.07) is 0.666. The van der Waals surface area contributed by atoms with Gasteiger partial charge >= 0.3 is 0 Å². The largest absolute Gasteiger partial charge is 0.349 e. The number of benzene rings is 1. The summed E-state index contributed by atoms with van der Waals surface area (Å²) in [6.07, 6.45) is 0.587. The number of rotatable bonds is 5. The second kappa shape index (κ2) is 6.74. The zero-order chi connectivity index (χ0) is 15.4. The number of alkyl halides is 1. The highest BCUT2D eigenvalue weighted by atomic mass is 79.9. The van der Waals surface area contributed by atoms with Crippen LogP contribution in [0.4, 0.5) is 14.5 Å². The minimum absolute atomic E-state index is 0.137. The number of amides is 1. The van der Waals surface area contributed by atoms with E-state index in [1.165, 1.54) is 0 Å².